The van der Waals surface area contributed by atoms with Crippen LogP contribution in [0.4, 0.5) is 15.9 Å². The van der Waals surface area contributed by atoms with E-state index < -0.39 is 6.17 Å². The summed E-state index contributed by atoms with van der Waals surface area (Å²) in [5.41, 5.74) is 2.10. The van der Waals surface area contributed by atoms with Crippen molar-refractivity contribution in [3.05, 3.63) is 23.6 Å². The van der Waals surface area contributed by atoms with E-state index in [1.54, 1.807) is 0 Å². The fourth-order valence-corrected chi connectivity index (χ4v) is 3.90. The fourth-order valence-electron chi connectivity index (χ4n) is 3.03. The van der Waals surface area contributed by atoms with Gasteiger partial charge in [0.15, 0.2) is 5.82 Å². The lowest BCUT2D eigenvalue weighted by Crippen LogP contribution is -2.44. The van der Waals surface area contributed by atoms with Gasteiger partial charge >= 0.3 is 0 Å². The van der Waals surface area contributed by atoms with Crippen molar-refractivity contribution >= 4 is 41.3 Å². The maximum absolute atomic E-state index is 12.1. The van der Waals surface area contributed by atoms with Gasteiger partial charge in [0, 0.05) is 24.9 Å². The highest BCUT2D eigenvalue weighted by Crippen LogP contribution is 2.30. The molecule has 2 aliphatic rings. The first-order valence-corrected chi connectivity index (χ1v) is 11.1. The van der Waals surface area contributed by atoms with Gasteiger partial charge in [-0.3, -0.25) is 4.79 Å². The molecule has 1 aromatic heterocycles. The van der Waals surface area contributed by atoms with Crippen LogP contribution in [0.25, 0.3) is 0 Å². The largest absolute Gasteiger partial charge is 0.366 e. The van der Waals surface area contributed by atoms with Crippen LogP contribution in [0.1, 0.15) is 32.6 Å². The van der Waals surface area contributed by atoms with Gasteiger partial charge in [-0.1, -0.05) is 12.2 Å². The van der Waals surface area contributed by atoms with Crippen LogP contribution < -0.4 is 15.5 Å². The maximum Gasteiger partial charge on any atom is 0.224 e. The van der Waals surface area contributed by atoms with E-state index >= 15 is 0 Å². The molecule has 1 aliphatic heterocycles. The predicted molar refractivity (Wildman–Crippen MR) is 116 cm³/mol. The standard InChI is InChI=1S/C14H21ClN4S.C5H8FNO/c1-10(2)7-16-13-12(8-17-14(15)18-13)19-6-4-5-11(9-19)20-3;6-4-1-2-5(4)7-3-8/h8,11H,1,4-7,9H2,2-3H3,(H,16,17,18);3-5H,1-2H2,(H,7,8). The molecule has 6 nitrogen and oxygen atoms in total. The van der Waals surface area contributed by atoms with Crippen LogP contribution >= 0.6 is 23.4 Å². The number of anilines is 2. The van der Waals surface area contributed by atoms with E-state index in [0.29, 0.717) is 24.6 Å². The number of piperidine rings is 1. The van der Waals surface area contributed by atoms with Gasteiger partial charge in [-0.15, -0.1) is 0 Å². The SMILES string of the molecule is C=C(C)CNc1nc(Cl)ncc1N1CCCC(SC)C1.O=CNC1CCC1F. The van der Waals surface area contributed by atoms with E-state index in [1.165, 1.54) is 12.8 Å². The van der Waals surface area contributed by atoms with Gasteiger partial charge in [0.1, 0.15) is 6.17 Å². The maximum atomic E-state index is 12.1. The number of hydrogen-bond donors (Lipinski definition) is 2. The van der Waals surface area contributed by atoms with Gasteiger partial charge in [0.05, 0.1) is 17.9 Å². The molecule has 0 bridgehead atoms. The molecule has 156 valence electrons. The number of thioether (sulfide) groups is 1. The van der Waals surface area contributed by atoms with Gasteiger partial charge < -0.3 is 15.5 Å². The molecule has 1 aromatic rings. The molecular weight excluding hydrogens is 401 g/mol. The van der Waals surface area contributed by atoms with Crippen molar-refractivity contribution in [1.82, 2.24) is 15.3 Å². The van der Waals surface area contributed by atoms with E-state index in [-0.39, 0.29) is 11.3 Å². The Bertz CT molecular complexity index is 665. The van der Waals surface area contributed by atoms with Crippen molar-refractivity contribution in [3.63, 3.8) is 0 Å². The third kappa shape index (κ3) is 6.81. The van der Waals surface area contributed by atoms with Crippen LogP contribution in [0.5, 0.6) is 0 Å². The van der Waals surface area contributed by atoms with E-state index in [0.717, 1.165) is 36.6 Å². The summed E-state index contributed by atoms with van der Waals surface area (Å²) in [5.74, 6) is 0.801. The quantitative estimate of drug-likeness (QED) is 0.391. The number of carbonyl (C=O) groups excluding carboxylic acids is 1. The lowest BCUT2D eigenvalue weighted by Gasteiger charge is -2.34. The summed E-state index contributed by atoms with van der Waals surface area (Å²) in [6.45, 7) is 8.67. The van der Waals surface area contributed by atoms with Gasteiger partial charge in [-0.2, -0.15) is 16.7 Å². The molecule has 3 atom stereocenters. The Labute approximate surface area is 175 Å². The second kappa shape index (κ2) is 11.5. The van der Waals surface area contributed by atoms with Crippen molar-refractivity contribution < 1.29 is 9.18 Å². The fraction of sp³-hybridized carbons (Fsp3) is 0.632. The molecule has 1 saturated carbocycles. The molecule has 1 amide bonds. The van der Waals surface area contributed by atoms with Crippen LogP contribution in [-0.2, 0) is 4.79 Å². The Morgan fingerprint density at radius 2 is 2.29 bits per heavy atom. The number of alkyl halides is 1. The highest BCUT2D eigenvalue weighted by Gasteiger charge is 2.29. The van der Waals surface area contributed by atoms with Crippen molar-refractivity contribution in [1.29, 1.82) is 0 Å². The van der Waals surface area contributed by atoms with Crippen molar-refractivity contribution in [2.75, 3.05) is 36.1 Å². The molecule has 28 heavy (non-hydrogen) atoms. The summed E-state index contributed by atoms with van der Waals surface area (Å²) >= 11 is 7.85. The Morgan fingerprint density at radius 1 is 1.50 bits per heavy atom. The minimum Gasteiger partial charge on any atom is -0.366 e. The second-order valence-corrected chi connectivity index (χ2v) is 8.59. The number of aromatic nitrogens is 2. The first kappa shape index (κ1) is 22.7. The summed E-state index contributed by atoms with van der Waals surface area (Å²) in [7, 11) is 0. The van der Waals surface area contributed by atoms with Crippen LogP contribution in [0.2, 0.25) is 5.28 Å². The van der Waals surface area contributed by atoms with Crippen molar-refractivity contribution in [2.24, 2.45) is 0 Å². The number of halogens is 2. The van der Waals surface area contributed by atoms with Crippen LogP contribution in [-0.4, -0.2) is 59.7 Å². The minimum atomic E-state index is -0.791. The molecular formula is C19H29ClFN5OS. The molecule has 3 unspecified atom stereocenters. The normalized spacial score (nSPS) is 23.7. The van der Waals surface area contributed by atoms with Gasteiger partial charge in [-0.25, -0.2) is 9.37 Å². The monoisotopic (exact) mass is 429 g/mol. The van der Waals surface area contributed by atoms with Crippen molar-refractivity contribution in [3.8, 4) is 0 Å². The topological polar surface area (TPSA) is 70.2 Å². The van der Waals surface area contributed by atoms with E-state index in [4.69, 9.17) is 11.6 Å². The molecule has 1 saturated heterocycles. The summed E-state index contributed by atoms with van der Waals surface area (Å²) in [6, 6.07) is -0.188. The Morgan fingerprint density at radius 3 is 2.82 bits per heavy atom. The third-order valence-electron chi connectivity index (χ3n) is 4.82. The number of nitrogens with one attached hydrogen (secondary N) is 2. The molecule has 2 N–H and O–H groups in total. The number of nitrogens with zero attached hydrogens (tertiary/aromatic N) is 3. The van der Waals surface area contributed by atoms with E-state index in [2.05, 4.69) is 38.3 Å². The number of amides is 1. The zero-order valence-corrected chi connectivity index (χ0v) is 18.0. The van der Waals surface area contributed by atoms with E-state index in [1.807, 2.05) is 24.9 Å². The molecule has 3 rings (SSSR count). The number of carbonyl (C=O) groups is 1. The molecule has 0 radical (unpaired) electrons. The highest BCUT2D eigenvalue weighted by atomic mass is 35.5. The predicted octanol–water partition coefficient (Wildman–Crippen LogP) is 3.68. The second-order valence-electron chi connectivity index (χ2n) is 7.11. The molecule has 1 aliphatic carbocycles. The summed E-state index contributed by atoms with van der Waals surface area (Å²) in [5, 5.41) is 6.63. The lowest BCUT2D eigenvalue weighted by atomic mass is 9.91. The van der Waals surface area contributed by atoms with Crippen molar-refractivity contribution in [2.45, 2.75) is 50.1 Å². The van der Waals surface area contributed by atoms with Crippen LogP contribution in [0.3, 0.4) is 0 Å². The van der Waals surface area contributed by atoms with Crippen LogP contribution in [0, 0.1) is 0 Å². The lowest BCUT2D eigenvalue weighted by molar-refractivity contribution is -0.111. The van der Waals surface area contributed by atoms with Gasteiger partial charge in [0.25, 0.3) is 0 Å². The van der Waals surface area contributed by atoms with Gasteiger partial charge in [0.2, 0.25) is 11.7 Å². The molecule has 9 heteroatoms. The molecule has 2 fully saturated rings. The summed E-state index contributed by atoms with van der Waals surface area (Å²) in [4.78, 5) is 20.5. The molecule has 0 spiro atoms. The van der Waals surface area contributed by atoms with Crippen LogP contribution in [0.15, 0.2) is 18.3 Å². The summed E-state index contributed by atoms with van der Waals surface area (Å²) < 4.78 is 12.1. The average Bonchev–Trinajstić information content (AvgIpc) is 2.70. The highest BCUT2D eigenvalue weighted by molar-refractivity contribution is 7.99. The average molecular weight is 430 g/mol. The Kier molecular flexibility index (Phi) is 9.31. The number of hydrogen-bond acceptors (Lipinski definition) is 6. The molecule has 2 heterocycles. The Balaban J connectivity index is 0.000000292. The first-order chi connectivity index (χ1) is 13.4. The molecule has 0 aromatic carbocycles. The van der Waals surface area contributed by atoms with Gasteiger partial charge in [-0.05, 0) is 50.5 Å². The smallest absolute Gasteiger partial charge is 0.224 e. The number of rotatable bonds is 7. The first-order valence-electron chi connectivity index (χ1n) is 9.46. The zero-order chi connectivity index (χ0) is 20.5. The third-order valence-corrected chi connectivity index (χ3v) is 6.06. The summed E-state index contributed by atoms with van der Waals surface area (Å²) in [6.07, 6.45) is 7.63. The Hall–Kier alpha value is -1.54. The van der Waals surface area contributed by atoms with E-state index in [9.17, 15) is 9.18 Å². The zero-order valence-electron chi connectivity index (χ0n) is 16.5. The minimum absolute atomic E-state index is 0.188.